The number of hydrogen-bond donors (Lipinski definition) is 2. The Morgan fingerprint density at radius 2 is 2.15 bits per heavy atom. The van der Waals surface area contributed by atoms with E-state index in [2.05, 4.69) is 4.72 Å². The first-order valence-corrected chi connectivity index (χ1v) is 9.97. The largest absolute Gasteiger partial charge is 0.274 e. The third-order valence-electron chi connectivity index (χ3n) is 3.14. The molecule has 7 nitrogen and oxygen atoms in total. The quantitative estimate of drug-likeness (QED) is 0.783. The molecule has 10 heteroatoms. The molecule has 20 heavy (non-hydrogen) atoms. The third kappa shape index (κ3) is 3.99. The lowest BCUT2D eigenvalue weighted by atomic mass is 10.0. The number of nitrogens with one attached hydrogen (secondary N) is 1. The topological polar surface area (TPSA) is 110 Å². The van der Waals surface area contributed by atoms with Crippen LogP contribution in [0.15, 0.2) is 21.7 Å². The lowest BCUT2D eigenvalue weighted by Gasteiger charge is -2.31. The van der Waals surface area contributed by atoms with Gasteiger partial charge in [-0.1, -0.05) is 6.07 Å². The van der Waals surface area contributed by atoms with Crippen LogP contribution >= 0.6 is 11.3 Å². The van der Waals surface area contributed by atoms with E-state index in [1.165, 1.54) is 15.6 Å². The molecule has 1 atom stereocenters. The summed E-state index contributed by atoms with van der Waals surface area (Å²) in [7, 11) is -7.20. The van der Waals surface area contributed by atoms with Crippen molar-refractivity contribution in [2.24, 2.45) is 11.1 Å². The minimum atomic E-state index is -3.74. The Balaban J connectivity index is 2.04. The lowest BCUT2D eigenvalue weighted by Crippen LogP contribution is -2.44. The molecule has 1 aliphatic rings. The van der Waals surface area contributed by atoms with Gasteiger partial charge in [0.2, 0.25) is 0 Å². The molecule has 1 unspecified atom stereocenters. The number of nitrogens with two attached hydrogens (primary N) is 1. The molecule has 0 radical (unpaired) electrons. The van der Waals surface area contributed by atoms with E-state index < -0.39 is 20.2 Å². The van der Waals surface area contributed by atoms with E-state index in [1.807, 2.05) is 0 Å². The van der Waals surface area contributed by atoms with Crippen molar-refractivity contribution in [1.29, 1.82) is 0 Å². The molecule has 0 bridgehead atoms. The van der Waals surface area contributed by atoms with Crippen molar-refractivity contribution in [1.82, 2.24) is 9.03 Å². The van der Waals surface area contributed by atoms with Gasteiger partial charge in [-0.2, -0.15) is 12.7 Å². The van der Waals surface area contributed by atoms with Gasteiger partial charge < -0.3 is 0 Å². The summed E-state index contributed by atoms with van der Waals surface area (Å²) in [5, 5.41) is 6.60. The van der Waals surface area contributed by atoms with Crippen molar-refractivity contribution in [2.45, 2.75) is 17.1 Å². The van der Waals surface area contributed by atoms with Crippen LogP contribution in [0.2, 0.25) is 0 Å². The molecule has 2 rings (SSSR count). The second-order valence-electron chi connectivity index (χ2n) is 4.70. The van der Waals surface area contributed by atoms with Gasteiger partial charge in [-0.05, 0) is 30.2 Å². The second kappa shape index (κ2) is 6.08. The van der Waals surface area contributed by atoms with E-state index in [-0.39, 0.29) is 12.5 Å². The van der Waals surface area contributed by atoms with Crippen LogP contribution in [0, 0.1) is 5.92 Å². The van der Waals surface area contributed by atoms with Crippen molar-refractivity contribution < 1.29 is 16.8 Å². The molecule has 3 N–H and O–H groups in total. The number of nitrogens with zero attached hydrogens (tertiary/aromatic N) is 1. The first-order chi connectivity index (χ1) is 9.29. The zero-order valence-corrected chi connectivity index (χ0v) is 13.2. The summed E-state index contributed by atoms with van der Waals surface area (Å²) in [5.74, 6) is -0.0585. The Morgan fingerprint density at radius 3 is 2.75 bits per heavy atom. The fourth-order valence-electron chi connectivity index (χ4n) is 2.18. The minimum Gasteiger partial charge on any atom is -0.216 e. The molecule has 1 aliphatic heterocycles. The molecule has 1 fully saturated rings. The monoisotopic (exact) mass is 339 g/mol. The first kappa shape index (κ1) is 15.9. The van der Waals surface area contributed by atoms with Gasteiger partial charge in [-0.3, -0.25) is 0 Å². The highest BCUT2D eigenvalue weighted by molar-refractivity contribution is 7.91. The predicted octanol–water partition coefficient (Wildman–Crippen LogP) is -0.0581. The highest BCUT2D eigenvalue weighted by Crippen LogP contribution is 2.26. The van der Waals surface area contributed by atoms with Crippen molar-refractivity contribution in [2.75, 3.05) is 19.6 Å². The molecular formula is C10H17N3O4S3. The maximum Gasteiger partial charge on any atom is 0.274 e. The molecule has 2 heterocycles. The van der Waals surface area contributed by atoms with Crippen LogP contribution in [0.4, 0.5) is 0 Å². The van der Waals surface area contributed by atoms with Crippen LogP contribution in [0.1, 0.15) is 12.8 Å². The zero-order valence-electron chi connectivity index (χ0n) is 10.7. The van der Waals surface area contributed by atoms with Gasteiger partial charge in [-0.15, -0.1) is 11.3 Å². The van der Waals surface area contributed by atoms with Gasteiger partial charge in [0, 0.05) is 19.6 Å². The van der Waals surface area contributed by atoms with E-state index in [0.717, 1.165) is 6.42 Å². The molecule has 1 aromatic heterocycles. The Labute approximate surface area is 123 Å². The standard InChI is InChI=1S/C10H17N3O4S3/c11-20(16,17)12-7-9-3-1-5-13(8-9)19(14,15)10-4-2-6-18-10/h2,4,6,9,12H,1,3,5,7-8H2,(H2,11,16,17). The van der Waals surface area contributed by atoms with Crippen LogP contribution in [0.3, 0.4) is 0 Å². The third-order valence-corrected chi connectivity index (χ3v) is 6.95. The van der Waals surface area contributed by atoms with Gasteiger partial charge in [0.1, 0.15) is 4.21 Å². The van der Waals surface area contributed by atoms with Gasteiger partial charge in [0.15, 0.2) is 0 Å². The molecule has 114 valence electrons. The van der Waals surface area contributed by atoms with Crippen LogP contribution in [-0.2, 0) is 20.2 Å². The van der Waals surface area contributed by atoms with Gasteiger partial charge >= 0.3 is 0 Å². The minimum absolute atomic E-state index is 0.0585. The van der Waals surface area contributed by atoms with Crippen molar-refractivity contribution in [3.63, 3.8) is 0 Å². The smallest absolute Gasteiger partial charge is 0.216 e. The van der Waals surface area contributed by atoms with E-state index in [1.54, 1.807) is 17.5 Å². The molecule has 0 saturated carbocycles. The Morgan fingerprint density at radius 1 is 1.40 bits per heavy atom. The molecule has 0 aliphatic carbocycles. The van der Waals surface area contributed by atoms with Gasteiger partial charge in [-0.25, -0.2) is 18.3 Å². The van der Waals surface area contributed by atoms with Crippen LogP contribution in [0.5, 0.6) is 0 Å². The Kier molecular flexibility index (Phi) is 4.82. The summed E-state index contributed by atoms with van der Waals surface area (Å²) in [5.41, 5.74) is 0. The number of thiophene rings is 1. The Bertz CT molecular complexity index is 639. The average Bonchev–Trinajstić information content (AvgIpc) is 2.90. The van der Waals surface area contributed by atoms with Crippen molar-refractivity contribution >= 4 is 31.6 Å². The summed E-state index contributed by atoms with van der Waals surface area (Å²) in [6.45, 7) is 0.935. The fourth-order valence-corrected chi connectivity index (χ4v) is 5.35. The van der Waals surface area contributed by atoms with E-state index in [0.29, 0.717) is 23.7 Å². The zero-order chi connectivity index (χ0) is 14.8. The van der Waals surface area contributed by atoms with Crippen LogP contribution in [0.25, 0.3) is 0 Å². The normalized spacial score (nSPS) is 21.9. The van der Waals surface area contributed by atoms with Crippen molar-refractivity contribution in [3.8, 4) is 0 Å². The summed E-state index contributed by atoms with van der Waals surface area (Å²) in [4.78, 5) is 0. The lowest BCUT2D eigenvalue weighted by molar-refractivity contribution is 0.267. The summed E-state index contributed by atoms with van der Waals surface area (Å²) in [6, 6.07) is 3.27. The molecule has 1 saturated heterocycles. The summed E-state index contributed by atoms with van der Waals surface area (Å²) in [6.07, 6.45) is 1.49. The van der Waals surface area contributed by atoms with Crippen LogP contribution in [-0.4, -0.2) is 40.8 Å². The van der Waals surface area contributed by atoms with Crippen LogP contribution < -0.4 is 9.86 Å². The molecular weight excluding hydrogens is 322 g/mol. The van der Waals surface area contributed by atoms with E-state index in [9.17, 15) is 16.8 Å². The summed E-state index contributed by atoms with van der Waals surface area (Å²) < 4.78 is 50.4. The van der Waals surface area contributed by atoms with Crippen molar-refractivity contribution in [3.05, 3.63) is 17.5 Å². The molecule has 1 aromatic rings. The van der Waals surface area contributed by atoms with E-state index >= 15 is 0 Å². The van der Waals surface area contributed by atoms with Gasteiger partial charge in [0.25, 0.3) is 20.2 Å². The number of sulfonamides is 1. The maximum atomic E-state index is 12.4. The molecule has 0 aromatic carbocycles. The van der Waals surface area contributed by atoms with E-state index in [4.69, 9.17) is 5.14 Å². The highest BCUT2D eigenvalue weighted by atomic mass is 32.2. The number of rotatable bonds is 5. The number of hydrogen-bond acceptors (Lipinski definition) is 5. The maximum absolute atomic E-state index is 12.4. The SMILES string of the molecule is NS(=O)(=O)NCC1CCCN(S(=O)(=O)c2cccs2)C1. The van der Waals surface area contributed by atoms with Gasteiger partial charge in [0.05, 0.1) is 0 Å². The fraction of sp³-hybridized carbons (Fsp3) is 0.600. The Hall–Kier alpha value is -0.520. The average molecular weight is 339 g/mol. The predicted molar refractivity (Wildman–Crippen MR) is 76.9 cm³/mol. The first-order valence-electron chi connectivity index (χ1n) is 6.10. The highest BCUT2D eigenvalue weighted by Gasteiger charge is 2.31. The summed E-state index contributed by atoms with van der Waals surface area (Å²) >= 11 is 1.18. The number of piperidine rings is 1. The second-order valence-corrected chi connectivity index (χ2v) is 9.19. The molecule has 0 spiro atoms. The molecule has 0 amide bonds.